The molecule has 1 aromatic carbocycles. The standard InChI is InChI=1S/C19H23NO5S/c1-5-24-14-9-7-13(8-10-14)16-12(3)26-18(20-15(21)11-23-4)17(16)19(22)25-6-2/h7-10H,5-6,11H2,1-4H3,(H,20,21). The summed E-state index contributed by atoms with van der Waals surface area (Å²) in [6.45, 7) is 6.33. The molecule has 1 amide bonds. The normalized spacial score (nSPS) is 10.5. The van der Waals surface area contributed by atoms with Crippen molar-refractivity contribution in [2.45, 2.75) is 20.8 Å². The average molecular weight is 377 g/mol. The summed E-state index contributed by atoms with van der Waals surface area (Å²) < 4.78 is 15.5. The van der Waals surface area contributed by atoms with Crippen LogP contribution in [0, 0.1) is 6.92 Å². The number of nitrogens with one attached hydrogen (secondary N) is 1. The molecule has 0 spiro atoms. The Balaban J connectivity index is 2.48. The van der Waals surface area contributed by atoms with E-state index in [1.54, 1.807) is 6.92 Å². The van der Waals surface area contributed by atoms with Gasteiger partial charge in [-0.15, -0.1) is 11.3 Å². The molecule has 0 aliphatic rings. The third kappa shape index (κ3) is 4.62. The number of amides is 1. The van der Waals surface area contributed by atoms with Crippen molar-refractivity contribution < 1.29 is 23.8 Å². The molecule has 140 valence electrons. The molecule has 0 saturated carbocycles. The van der Waals surface area contributed by atoms with Crippen LogP contribution in [0.5, 0.6) is 5.75 Å². The number of thiophene rings is 1. The molecule has 1 aromatic heterocycles. The van der Waals surface area contributed by atoms with Gasteiger partial charge in [0.2, 0.25) is 0 Å². The number of carbonyl (C=O) groups excluding carboxylic acids is 2. The number of ether oxygens (including phenoxy) is 3. The summed E-state index contributed by atoms with van der Waals surface area (Å²) >= 11 is 1.34. The van der Waals surface area contributed by atoms with E-state index < -0.39 is 5.97 Å². The lowest BCUT2D eigenvalue weighted by Gasteiger charge is -2.10. The van der Waals surface area contributed by atoms with Crippen LogP contribution in [-0.2, 0) is 14.3 Å². The highest BCUT2D eigenvalue weighted by Crippen LogP contribution is 2.40. The molecular formula is C19H23NO5S. The van der Waals surface area contributed by atoms with Crippen LogP contribution in [0.2, 0.25) is 0 Å². The molecule has 1 N–H and O–H groups in total. The first kappa shape index (κ1) is 19.9. The zero-order valence-electron chi connectivity index (χ0n) is 15.4. The predicted octanol–water partition coefficient (Wildman–Crippen LogP) is 3.88. The molecule has 0 radical (unpaired) electrons. The van der Waals surface area contributed by atoms with Gasteiger partial charge in [-0.25, -0.2) is 4.79 Å². The molecule has 26 heavy (non-hydrogen) atoms. The number of aryl methyl sites for hydroxylation is 1. The lowest BCUT2D eigenvalue weighted by atomic mass is 10.0. The Bertz CT molecular complexity index is 767. The van der Waals surface area contributed by atoms with E-state index in [0.29, 0.717) is 17.2 Å². The number of rotatable bonds is 8. The second-order valence-corrected chi connectivity index (χ2v) is 6.62. The summed E-state index contributed by atoms with van der Waals surface area (Å²) in [6.07, 6.45) is 0. The van der Waals surface area contributed by atoms with Crippen LogP contribution in [-0.4, -0.2) is 38.8 Å². The van der Waals surface area contributed by atoms with E-state index in [2.05, 4.69) is 5.32 Å². The maximum absolute atomic E-state index is 12.6. The number of carbonyl (C=O) groups is 2. The van der Waals surface area contributed by atoms with Crippen molar-refractivity contribution in [3.63, 3.8) is 0 Å². The van der Waals surface area contributed by atoms with Gasteiger partial charge in [-0.2, -0.15) is 0 Å². The number of benzene rings is 1. The summed E-state index contributed by atoms with van der Waals surface area (Å²) in [7, 11) is 1.44. The smallest absolute Gasteiger partial charge is 0.341 e. The van der Waals surface area contributed by atoms with Gasteiger partial charge in [0.15, 0.2) is 0 Å². The minimum atomic E-state index is -0.464. The van der Waals surface area contributed by atoms with E-state index in [-0.39, 0.29) is 19.1 Å². The summed E-state index contributed by atoms with van der Waals surface area (Å²) in [5.41, 5.74) is 1.98. The molecule has 0 saturated heterocycles. The zero-order chi connectivity index (χ0) is 19.1. The van der Waals surface area contributed by atoms with Crippen LogP contribution in [0.1, 0.15) is 29.1 Å². The van der Waals surface area contributed by atoms with E-state index >= 15 is 0 Å². The highest BCUT2D eigenvalue weighted by atomic mass is 32.1. The number of methoxy groups -OCH3 is 1. The quantitative estimate of drug-likeness (QED) is 0.707. The fraction of sp³-hybridized carbons (Fsp3) is 0.368. The van der Waals surface area contributed by atoms with Gasteiger partial charge in [0.1, 0.15) is 22.9 Å². The Hall–Kier alpha value is -2.38. The number of anilines is 1. The fourth-order valence-corrected chi connectivity index (χ4v) is 3.64. The molecule has 6 nitrogen and oxygen atoms in total. The number of hydrogen-bond donors (Lipinski definition) is 1. The van der Waals surface area contributed by atoms with Gasteiger partial charge in [-0.1, -0.05) is 12.1 Å². The van der Waals surface area contributed by atoms with E-state index in [0.717, 1.165) is 21.8 Å². The number of esters is 1. The van der Waals surface area contributed by atoms with Gasteiger partial charge in [0, 0.05) is 17.6 Å². The van der Waals surface area contributed by atoms with Crippen LogP contribution < -0.4 is 10.1 Å². The molecule has 0 aliphatic carbocycles. The molecule has 0 atom stereocenters. The predicted molar refractivity (Wildman–Crippen MR) is 102 cm³/mol. The van der Waals surface area contributed by atoms with Crippen LogP contribution in [0.25, 0.3) is 11.1 Å². The van der Waals surface area contributed by atoms with Crippen molar-refractivity contribution in [2.75, 3.05) is 32.2 Å². The molecule has 0 bridgehead atoms. The maximum Gasteiger partial charge on any atom is 0.341 e. The Morgan fingerprint density at radius 3 is 2.38 bits per heavy atom. The monoisotopic (exact) mass is 377 g/mol. The van der Waals surface area contributed by atoms with E-state index in [9.17, 15) is 9.59 Å². The Morgan fingerprint density at radius 1 is 1.12 bits per heavy atom. The molecule has 1 heterocycles. The van der Waals surface area contributed by atoms with Crippen LogP contribution in [0.3, 0.4) is 0 Å². The molecule has 7 heteroatoms. The molecule has 2 aromatic rings. The maximum atomic E-state index is 12.6. The van der Waals surface area contributed by atoms with Gasteiger partial charge < -0.3 is 19.5 Å². The third-order valence-electron chi connectivity index (χ3n) is 3.55. The Kier molecular flexibility index (Phi) is 7.17. The summed E-state index contributed by atoms with van der Waals surface area (Å²) in [5, 5.41) is 3.21. The van der Waals surface area contributed by atoms with E-state index in [1.165, 1.54) is 18.4 Å². The third-order valence-corrected chi connectivity index (χ3v) is 4.57. The highest BCUT2D eigenvalue weighted by Gasteiger charge is 2.25. The molecule has 0 aliphatic heterocycles. The second kappa shape index (κ2) is 9.35. The van der Waals surface area contributed by atoms with Crippen LogP contribution in [0.15, 0.2) is 24.3 Å². The zero-order valence-corrected chi connectivity index (χ0v) is 16.2. The van der Waals surface area contributed by atoms with E-state index in [1.807, 2.05) is 38.1 Å². The first-order valence-electron chi connectivity index (χ1n) is 8.34. The number of hydrogen-bond acceptors (Lipinski definition) is 6. The molecular weight excluding hydrogens is 354 g/mol. The molecule has 0 unspecified atom stereocenters. The van der Waals surface area contributed by atoms with Gasteiger partial charge in [-0.05, 0) is 38.5 Å². The highest BCUT2D eigenvalue weighted by molar-refractivity contribution is 7.17. The summed E-state index contributed by atoms with van der Waals surface area (Å²) in [5.74, 6) is -0.0265. The van der Waals surface area contributed by atoms with Crippen LogP contribution >= 0.6 is 11.3 Å². The van der Waals surface area contributed by atoms with Crippen molar-refractivity contribution in [1.82, 2.24) is 0 Å². The van der Waals surface area contributed by atoms with Crippen molar-refractivity contribution in [2.24, 2.45) is 0 Å². The minimum Gasteiger partial charge on any atom is -0.494 e. The second-order valence-electron chi connectivity index (χ2n) is 5.40. The Morgan fingerprint density at radius 2 is 1.81 bits per heavy atom. The molecule has 0 fully saturated rings. The largest absolute Gasteiger partial charge is 0.494 e. The van der Waals surface area contributed by atoms with Crippen molar-refractivity contribution >= 4 is 28.2 Å². The van der Waals surface area contributed by atoms with Gasteiger partial charge in [0.05, 0.1) is 13.2 Å². The Labute approximate surface area is 157 Å². The average Bonchev–Trinajstić information content (AvgIpc) is 2.92. The molecule has 2 rings (SSSR count). The first-order chi connectivity index (χ1) is 12.5. The van der Waals surface area contributed by atoms with E-state index in [4.69, 9.17) is 14.2 Å². The first-order valence-corrected chi connectivity index (χ1v) is 9.15. The summed E-state index contributed by atoms with van der Waals surface area (Å²) in [6, 6.07) is 7.50. The van der Waals surface area contributed by atoms with Gasteiger partial charge >= 0.3 is 5.97 Å². The lowest BCUT2D eigenvalue weighted by Crippen LogP contribution is -2.18. The lowest BCUT2D eigenvalue weighted by molar-refractivity contribution is -0.119. The fourth-order valence-electron chi connectivity index (χ4n) is 2.56. The summed E-state index contributed by atoms with van der Waals surface area (Å²) in [4.78, 5) is 25.4. The van der Waals surface area contributed by atoms with Gasteiger partial charge in [-0.3, -0.25) is 4.79 Å². The SMILES string of the molecule is CCOC(=O)c1c(NC(=O)COC)sc(C)c1-c1ccc(OCC)cc1. The topological polar surface area (TPSA) is 73.9 Å². The van der Waals surface area contributed by atoms with Crippen molar-refractivity contribution in [1.29, 1.82) is 0 Å². The van der Waals surface area contributed by atoms with Crippen molar-refractivity contribution in [3.8, 4) is 16.9 Å². The van der Waals surface area contributed by atoms with Gasteiger partial charge in [0.25, 0.3) is 5.91 Å². The minimum absolute atomic E-state index is 0.0857. The van der Waals surface area contributed by atoms with Crippen molar-refractivity contribution in [3.05, 3.63) is 34.7 Å². The van der Waals surface area contributed by atoms with Crippen LogP contribution in [0.4, 0.5) is 5.00 Å².